The molecule has 0 aliphatic heterocycles. The molecule has 3 heteroatoms. The van der Waals surface area contributed by atoms with Crippen molar-refractivity contribution in [2.24, 2.45) is 5.73 Å². The summed E-state index contributed by atoms with van der Waals surface area (Å²) in [5.74, 6) is 0. The van der Waals surface area contributed by atoms with Gasteiger partial charge in [0.1, 0.15) is 0 Å². The largest absolute Gasteiger partial charge is 0.393 e. The van der Waals surface area contributed by atoms with Gasteiger partial charge in [0.15, 0.2) is 0 Å². The lowest BCUT2D eigenvalue weighted by Crippen LogP contribution is -2.45. The van der Waals surface area contributed by atoms with Crippen molar-refractivity contribution in [1.82, 2.24) is 5.32 Å². The molecule has 2 unspecified atom stereocenters. The molecule has 15 heavy (non-hydrogen) atoms. The maximum Gasteiger partial charge on any atom is 0.0555 e. The van der Waals surface area contributed by atoms with Crippen LogP contribution >= 0.6 is 0 Å². The van der Waals surface area contributed by atoms with E-state index in [-0.39, 0.29) is 6.10 Å². The van der Waals surface area contributed by atoms with Gasteiger partial charge in [-0.2, -0.15) is 0 Å². The third-order valence-electron chi connectivity index (χ3n) is 3.89. The Bertz CT molecular complexity index is 190. The Morgan fingerprint density at radius 3 is 2.33 bits per heavy atom. The van der Waals surface area contributed by atoms with E-state index in [1.165, 1.54) is 25.7 Å². The van der Waals surface area contributed by atoms with Crippen LogP contribution in [0.2, 0.25) is 0 Å². The van der Waals surface area contributed by atoms with Crippen LogP contribution in [0.5, 0.6) is 0 Å². The lowest BCUT2D eigenvalue weighted by Gasteiger charge is -2.33. The second kappa shape index (κ2) is 5.28. The number of aliphatic hydroxyl groups excluding tert-OH is 1. The molecule has 4 N–H and O–H groups in total. The minimum absolute atomic E-state index is 0.0675. The van der Waals surface area contributed by atoms with Crippen molar-refractivity contribution in [3.8, 4) is 0 Å². The minimum Gasteiger partial charge on any atom is -0.393 e. The summed E-state index contributed by atoms with van der Waals surface area (Å²) >= 11 is 0. The Labute approximate surface area is 92.4 Å². The number of hydrogen-bond donors (Lipinski definition) is 3. The van der Waals surface area contributed by atoms with Crippen LogP contribution in [-0.4, -0.2) is 29.3 Å². The summed E-state index contributed by atoms with van der Waals surface area (Å²) in [6.45, 7) is 0. The zero-order valence-corrected chi connectivity index (χ0v) is 9.49. The first-order valence-electron chi connectivity index (χ1n) is 6.43. The Balaban J connectivity index is 1.71. The van der Waals surface area contributed by atoms with Crippen molar-refractivity contribution in [3.63, 3.8) is 0 Å². The molecular weight excluding hydrogens is 188 g/mol. The van der Waals surface area contributed by atoms with E-state index in [9.17, 15) is 5.11 Å². The molecule has 0 aromatic heterocycles. The summed E-state index contributed by atoms with van der Waals surface area (Å²) in [5, 5.41) is 13.3. The zero-order chi connectivity index (χ0) is 10.7. The summed E-state index contributed by atoms with van der Waals surface area (Å²) in [6, 6.07) is 1.63. The van der Waals surface area contributed by atoms with Crippen molar-refractivity contribution < 1.29 is 5.11 Å². The van der Waals surface area contributed by atoms with Crippen LogP contribution in [0.1, 0.15) is 51.4 Å². The van der Waals surface area contributed by atoms with Gasteiger partial charge in [0.05, 0.1) is 6.10 Å². The Morgan fingerprint density at radius 1 is 0.933 bits per heavy atom. The molecule has 2 saturated carbocycles. The Morgan fingerprint density at radius 2 is 1.67 bits per heavy atom. The van der Waals surface area contributed by atoms with Gasteiger partial charge in [-0.1, -0.05) is 0 Å². The van der Waals surface area contributed by atoms with Crippen LogP contribution in [-0.2, 0) is 0 Å². The number of aliphatic hydroxyl groups is 1. The topological polar surface area (TPSA) is 58.3 Å². The molecule has 2 atom stereocenters. The normalized spacial score (nSPS) is 42.8. The maximum absolute atomic E-state index is 9.59. The van der Waals surface area contributed by atoms with Gasteiger partial charge >= 0.3 is 0 Å². The van der Waals surface area contributed by atoms with Crippen LogP contribution in [0.25, 0.3) is 0 Å². The van der Waals surface area contributed by atoms with Crippen LogP contribution in [0.15, 0.2) is 0 Å². The second-order valence-electron chi connectivity index (χ2n) is 5.30. The highest BCUT2D eigenvalue weighted by molar-refractivity contribution is 4.84. The van der Waals surface area contributed by atoms with Crippen molar-refractivity contribution in [1.29, 1.82) is 0 Å². The standard InChI is InChI=1S/C12H24N2O/c13-9-4-6-10(7-5-9)14-11-2-1-3-12(15)8-11/h9-12,14-15H,1-8,13H2. The molecular formula is C12H24N2O. The molecule has 0 bridgehead atoms. The van der Waals surface area contributed by atoms with E-state index in [2.05, 4.69) is 5.32 Å². The molecule has 2 aliphatic rings. The maximum atomic E-state index is 9.59. The molecule has 0 amide bonds. The fraction of sp³-hybridized carbons (Fsp3) is 1.00. The van der Waals surface area contributed by atoms with E-state index in [4.69, 9.17) is 5.73 Å². The first-order valence-corrected chi connectivity index (χ1v) is 6.43. The Hall–Kier alpha value is -0.120. The van der Waals surface area contributed by atoms with E-state index in [1.807, 2.05) is 0 Å². The average molecular weight is 212 g/mol. The van der Waals surface area contributed by atoms with Crippen LogP contribution in [0, 0.1) is 0 Å². The summed E-state index contributed by atoms with van der Waals surface area (Å²) in [6.07, 6.45) is 9.03. The smallest absolute Gasteiger partial charge is 0.0555 e. The van der Waals surface area contributed by atoms with Crippen molar-refractivity contribution in [2.75, 3.05) is 0 Å². The van der Waals surface area contributed by atoms with E-state index in [0.717, 1.165) is 25.7 Å². The van der Waals surface area contributed by atoms with Gasteiger partial charge in [0.25, 0.3) is 0 Å². The quantitative estimate of drug-likeness (QED) is 0.643. The fourth-order valence-electron chi connectivity index (χ4n) is 2.93. The highest BCUT2D eigenvalue weighted by Crippen LogP contribution is 2.22. The van der Waals surface area contributed by atoms with Gasteiger partial charge in [-0.25, -0.2) is 0 Å². The lowest BCUT2D eigenvalue weighted by molar-refractivity contribution is 0.106. The third-order valence-corrected chi connectivity index (χ3v) is 3.89. The third kappa shape index (κ3) is 3.44. The number of rotatable bonds is 2. The fourth-order valence-corrected chi connectivity index (χ4v) is 2.93. The van der Waals surface area contributed by atoms with E-state index < -0.39 is 0 Å². The predicted octanol–water partition coefficient (Wildman–Crippen LogP) is 1.15. The van der Waals surface area contributed by atoms with E-state index >= 15 is 0 Å². The van der Waals surface area contributed by atoms with Gasteiger partial charge in [-0.05, 0) is 51.4 Å². The van der Waals surface area contributed by atoms with Crippen LogP contribution in [0.4, 0.5) is 0 Å². The predicted molar refractivity (Wildman–Crippen MR) is 61.6 cm³/mol. The molecule has 0 radical (unpaired) electrons. The first-order chi connectivity index (χ1) is 7.24. The molecule has 3 nitrogen and oxygen atoms in total. The highest BCUT2D eigenvalue weighted by Gasteiger charge is 2.24. The molecule has 0 spiro atoms. The molecule has 2 aliphatic carbocycles. The minimum atomic E-state index is -0.0675. The molecule has 2 fully saturated rings. The molecule has 2 rings (SSSR count). The van der Waals surface area contributed by atoms with Gasteiger partial charge in [-0.15, -0.1) is 0 Å². The molecule has 88 valence electrons. The summed E-state index contributed by atoms with van der Waals surface area (Å²) in [5.41, 5.74) is 5.88. The summed E-state index contributed by atoms with van der Waals surface area (Å²) in [7, 11) is 0. The van der Waals surface area contributed by atoms with Crippen LogP contribution < -0.4 is 11.1 Å². The number of nitrogens with one attached hydrogen (secondary N) is 1. The molecule has 0 saturated heterocycles. The summed E-state index contributed by atoms with van der Waals surface area (Å²) < 4.78 is 0. The number of nitrogens with two attached hydrogens (primary N) is 1. The molecule has 0 aromatic rings. The monoisotopic (exact) mass is 212 g/mol. The number of hydrogen-bond acceptors (Lipinski definition) is 3. The zero-order valence-electron chi connectivity index (χ0n) is 9.49. The van der Waals surface area contributed by atoms with Crippen LogP contribution in [0.3, 0.4) is 0 Å². The van der Waals surface area contributed by atoms with E-state index in [0.29, 0.717) is 18.1 Å². The molecule has 0 heterocycles. The first kappa shape index (κ1) is 11.4. The van der Waals surface area contributed by atoms with Gasteiger partial charge in [0.2, 0.25) is 0 Å². The molecule has 0 aromatic carbocycles. The highest BCUT2D eigenvalue weighted by atomic mass is 16.3. The van der Waals surface area contributed by atoms with Gasteiger partial charge in [-0.3, -0.25) is 0 Å². The Kier molecular flexibility index (Phi) is 4.00. The van der Waals surface area contributed by atoms with Crippen molar-refractivity contribution in [2.45, 2.75) is 75.6 Å². The van der Waals surface area contributed by atoms with E-state index in [1.54, 1.807) is 0 Å². The average Bonchev–Trinajstić information content (AvgIpc) is 2.22. The van der Waals surface area contributed by atoms with Gasteiger partial charge < -0.3 is 16.2 Å². The summed E-state index contributed by atoms with van der Waals surface area (Å²) in [4.78, 5) is 0. The second-order valence-corrected chi connectivity index (χ2v) is 5.30. The SMILES string of the molecule is NC1CCC(NC2CCCC(O)C2)CC1. The van der Waals surface area contributed by atoms with Gasteiger partial charge in [0, 0.05) is 18.1 Å². The van der Waals surface area contributed by atoms with Crippen molar-refractivity contribution >= 4 is 0 Å². The lowest BCUT2D eigenvalue weighted by atomic mass is 9.88. The van der Waals surface area contributed by atoms with Crippen molar-refractivity contribution in [3.05, 3.63) is 0 Å².